The van der Waals surface area contributed by atoms with Crippen LogP contribution in [-0.2, 0) is 19.1 Å². The van der Waals surface area contributed by atoms with Gasteiger partial charge in [0.15, 0.2) is 0 Å². The number of hydrogen-bond donors (Lipinski definition) is 0. The summed E-state index contributed by atoms with van der Waals surface area (Å²) in [6.07, 6.45) is 2.17. The Labute approximate surface area is 195 Å². The molecule has 2 rings (SSSR count). The van der Waals surface area contributed by atoms with E-state index in [1.807, 2.05) is 4.90 Å². The molecule has 0 aliphatic carbocycles. The number of benzene rings is 1. The smallest absolute Gasteiger partial charge is 0.330 e. The number of nitriles is 1. The Hall–Kier alpha value is -4.28. The van der Waals surface area contributed by atoms with Gasteiger partial charge in [-0.2, -0.15) is 5.26 Å². The molecule has 2 aromatic rings. The maximum atomic E-state index is 11.3. The second-order valence-corrected chi connectivity index (χ2v) is 7.36. The van der Waals surface area contributed by atoms with E-state index < -0.39 is 11.9 Å². The molecule has 1 heterocycles. The summed E-state index contributed by atoms with van der Waals surface area (Å²) in [5, 5.41) is 18.4. The minimum Gasteiger partial charge on any atom is -0.461 e. The zero-order valence-electron chi connectivity index (χ0n) is 18.0. The van der Waals surface area contributed by atoms with E-state index in [1.54, 1.807) is 31.2 Å². The number of hydrogen-bond acceptors (Lipinski definition) is 9. The van der Waals surface area contributed by atoms with E-state index in [1.165, 1.54) is 0 Å². The van der Waals surface area contributed by atoms with Gasteiger partial charge in [0.1, 0.15) is 24.3 Å². The zero-order valence-corrected chi connectivity index (χ0v) is 18.8. The van der Waals surface area contributed by atoms with Crippen molar-refractivity contribution in [1.82, 2.24) is 0 Å². The van der Waals surface area contributed by atoms with Gasteiger partial charge in [0.25, 0.3) is 0 Å². The third-order valence-electron chi connectivity index (χ3n) is 4.33. The molecule has 0 atom stereocenters. The normalized spacial score (nSPS) is 10.2. The Morgan fingerprint density at radius 3 is 2.21 bits per heavy atom. The summed E-state index contributed by atoms with van der Waals surface area (Å²) in [5.74, 6) is -1.04. The van der Waals surface area contributed by atoms with E-state index in [-0.39, 0.29) is 13.2 Å². The second-order valence-electron chi connectivity index (χ2n) is 6.38. The molecule has 0 amide bonds. The van der Waals surface area contributed by atoms with Gasteiger partial charge in [-0.15, -0.1) is 21.6 Å². The molecule has 0 spiro atoms. The molecule has 0 radical (unpaired) electrons. The Bertz CT molecular complexity index is 1110. The maximum absolute atomic E-state index is 11.3. The molecule has 1 aromatic heterocycles. The predicted molar refractivity (Wildman–Crippen MR) is 125 cm³/mol. The monoisotopic (exact) mass is 463 g/mol. The van der Waals surface area contributed by atoms with Crippen LogP contribution in [0.1, 0.15) is 11.1 Å². The molecule has 33 heavy (non-hydrogen) atoms. The predicted octanol–water partition coefficient (Wildman–Crippen LogP) is 5.16. The van der Waals surface area contributed by atoms with Gasteiger partial charge in [-0.05, 0) is 36.8 Å². The molecule has 0 fully saturated rings. The van der Waals surface area contributed by atoms with Crippen LogP contribution in [0.2, 0.25) is 0 Å². The highest BCUT2D eigenvalue weighted by Crippen LogP contribution is 2.41. The molecule has 9 nitrogen and oxygen atoms in total. The van der Waals surface area contributed by atoms with Crippen LogP contribution >= 0.6 is 11.3 Å². The largest absolute Gasteiger partial charge is 0.461 e. The van der Waals surface area contributed by atoms with Crippen molar-refractivity contribution in [2.45, 2.75) is 6.92 Å². The van der Waals surface area contributed by atoms with Crippen LogP contribution < -0.4 is 4.90 Å². The van der Waals surface area contributed by atoms with Gasteiger partial charge in [0.05, 0.1) is 30.9 Å². The number of azo groups is 1. The molecule has 0 unspecified atom stereocenters. The molecule has 0 saturated carbocycles. The minimum atomic E-state index is -0.522. The zero-order chi connectivity index (χ0) is 24.2. The van der Waals surface area contributed by atoms with Crippen LogP contribution in [0.4, 0.5) is 21.4 Å². The summed E-state index contributed by atoms with van der Waals surface area (Å²) in [4.78, 5) is 27.9. The number of carbonyl (C=O) groups is 2. The third kappa shape index (κ3) is 7.13. The number of nitrogens with zero attached hydrogens (tertiary/aromatic N) is 5. The first kappa shape index (κ1) is 25.0. The van der Waals surface area contributed by atoms with Gasteiger partial charge in [-0.1, -0.05) is 13.2 Å². The lowest BCUT2D eigenvalue weighted by atomic mass is 10.2. The van der Waals surface area contributed by atoms with Gasteiger partial charge < -0.3 is 14.4 Å². The Morgan fingerprint density at radius 2 is 1.73 bits per heavy atom. The van der Waals surface area contributed by atoms with Crippen molar-refractivity contribution in [2.24, 2.45) is 10.2 Å². The molecule has 0 bridgehead atoms. The molecule has 168 valence electrons. The molecule has 10 heteroatoms. The van der Waals surface area contributed by atoms with Crippen molar-refractivity contribution >= 4 is 44.7 Å². The lowest BCUT2D eigenvalue weighted by Gasteiger charge is -2.24. The first-order valence-corrected chi connectivity index (χ1v) is 10.5. The standard InChI is InChI=1S/C23H21N5O4S/c1-5-20(29)31-13-11-28(12-14-32-21(30)6-2)18-9-7-17(8-10-18)26-27-23-19(15-24)16(3)22(25-4)33-23/h5-10H,1-2,11-14H2,3H3. The minimum absolute atomic E-state index is 0.125. The summed E-state index contributed by atoms with van der Waals surface area (Å²) in [6.45, 7) is 16.6. The van der Waals surface area contributed by atoms with Crippen LogP contribution in [0.15, 0.2) is 59.8 Å². The average Bonchev–Trinajstić information content (AvgIpc) is 3.15. The summed E-state index contributed by atoms with van der Waals surface area (Å²) >= 11 is 1.12. The van der Waals surface area contributed by atoms with Gasteiger partial charge in [-0.25, -0.2) is 14.4 Å². The molecule has 0 N–H and O–H groups in total. The van der Waals surface area contributed by atoms with Crippen molar-refractivity contribution in [2.75, 3.05) is 31.2 Å². The van der Waals surface area contributed by atoms with E-state index in [0.29, 0.717) is 39.9 Å². The van der Waals surface area contributed by atoms with Gasteiger partial charge in [0.2, 0.25) is 5.00 Å². The SMILES string of the molecule is [C-]#[N+]c1sc(N=Nc2ccc(N(CCOC(=O)C=C)CCOC(=O)C=C)cc2)c(C#N)c1C. The number of ether oxygens (including phenoxy) is 2. The van der Waals surface area contributed by atoms with Crippen molar-refractivity contribution < 1.29 is 19.1 Å². The van der Waals surface area contributed by atoms with Gasteiger partial charge >= 0.3 is 11.9 Å². The summed E-state index contributed by atoms with van der Waals surface area (Å²) in [7, 11) is 0. The van der Waals surface area contributed by atoms with Crippen molar-refractivity contribution in [3.63, 3.8) is 0 Å². The lowest BCUT2D eigenvalue weighted by molar-refractivity contribution is -0.137. The van der Waals surface area contributed by atoms with Crippen molar-refractivity contribution in [1.29, 1.82) is 5.26 Å². The Balaban J connectivity index is 2.13. The fourth-order valence-electron chi connectivity index (χ4n) is 2.63. The average molecular weight is 464 g/mol. The van der Waals surface area contributed by atoms with Crippen LogP contribution in [0.5, 0.6) is 0 Å². The summed E-state index contributed by atoms with van der Waals surface area (Å²) in [6, 6.07) is 9.14. The number of carbonyl (C=O) groups excluding carboxylic acids is 2. The van der Waals surface area contributed by atoms with E-state index in [2.05, 4.69) is 34.3 Å². The molecule has 1 aromatic carbocycles. The highest BCUT2D eigenvalue weighted by atomic mass is 32.1. The van der Waals surface area contributed by atoms with E-state index in [4.69, 9.17) is 16.0 Å². The van der Waals surface area contributed by atoms with Crippen LogP contribution in [-0.4, -0.2) is 38.2 Å². The van der Waals surface area contributed by atoms with Gasteiger partial charge in [0, 0.05) is 17.8 Å². The molecule has 0 saturated heterocycles. The first-order chi connectivity index (χ1) is 15.9. The highest BCUT2D eigenvalue weighted by Gasteiger charge is 2.14. The van der Waals surface area contributed by atoms with E-state index in [0.717, 1.165) is 29.2 Å². The maximum Gasteiger partial charge on any atom is 0.330 e. The Morgan fingerprint density at radius 1 is 1.15 bits per heavy atom. The van der Waals surface area contributed by atoms with E-state index >= 15 is 0 Å². The Kier molecular flexibility index (Phi) is 9.50. The molecular formula is C23H21N5O4S. The topological polar surface area (TPSA) is 109 Å². The molecule has 0 aliphatic rings. The number of esters is 2. The first-order valence-electron chi connectivity index (χ1n) is 9.69. The van der Waals surface area contributed by atoms with Crippen molar-refractivity contribution in [3.8, 4) is 6.07 Å². The fraction of sp³-hybridized carbons (Fsp3) is 0.217. The molecule has 0 aliphatic heterocycles. The quantitative estimate of drug-likeness (QED) is 0.197. The third-order valence-corrected chi connectivity index (χ3v) is 5.40. The van der Waals surface area contributed by atoms with Gasteiger partial charge in [-0.3, -0.25) is 0 Å². The number of rotatable bonds is 11. The number of anilines is 1. The second kappa shape index (κ2) is 12.5. The number of thiophene rings is 1. The lowest BCUT2D eigenvalue weighted by Crippen LogP contribution is -2.31. The van der Waals surface area contributed by atoms with Crippen LogP contribution in [0.25, 0.3) is 4.85 Å². The molecular weight excluding hydrogens is 442 g/mol. The van der Waals surface area contributed by atoms with Crippen LogP contribution in [0.3, 0.4) is 0 Å². The van der Waals surface area contributed by atoms with E-state index in [9.17, 15) is 14.9 Å². The van der Waals surface area contributed by atoms with Crippen molar-refractivity contribution in [3.05, 3.63) is 72.1 Å². The summed E-state index contributed by atoms with van der Waals surface area (Å²) < 4.78 is 10.1. The summed E-state index contributed by atoms with van der Waals surface area (Å²) in [5.41, 5.74) is 2.29. The van der Waals surface area contributed by atoms with Crippen LogP contribution in [0, 0.1) is 24.8 Å². The fourth-order valence-corrected chi connectivity index (χ4v) is 3.50. The highest BCUT2D eigenvalue weighted by molar-refractivity contribution is 7.20.